The summed E-state index contributed by atoms with van der Waals surface area (Å²) >= 11 is 0. The highest BCUT2D eigenvalue weighted by Gasteiger charge is 2.17. The zero-order valence-corrected chi connectivity index (χ0v) is 11.1. The Labute approximate surface area is 109 Å². The summed E-state index contributed by atoms with van der Waals surface area (Å²) in [5.41, 5.74) is 7.20. The SMILES string of the molecule is CCc1cncc(OC[C@@H](N)CNC2CCC2)c1. The van der Waals surface area contributed by atoms with Crippen molar-refractivity contribution in [3.8, 4) is 5.75 Å². The van der Waals surface area contributed by atoms with Gasteiger partial charge in [-0.3, -0.25) is 4.98 Å². The van der Waals surface area contributed by atoms with Crippen molar-refractivity contribution in [1.82, 2.24) is 10.3 Å². The molecule has 1 saturated carbocycles. The summed E-state index contributed by atoms with van der Waals surface area (Å²) < 4.78 is 5.67. The number of nitrogens with zero attached hydrogens (tertiary/aromatic N) is 1. The topological polar surface area (TPSA) is 60.2 Å². The van der Waals surface area contributed by atoms with Gasteiger partial charge in [-0.2, -0.15) is 0 Å². The third-order valence-corrected chi connectivity index (χ3v) is 3.42. The fourth-order valence-corrected chi connectivity index (χ4v) is 1.93. The van der Waals surface area contributed by atoms with Crippen LogP contribution >= 0.6 is 0 Å². The lowest BCUT2D eigenvalue weighted by molar-refractivity contribution is 0.265. The van der Waals surface area contributed by atoms with Crippen molar-refractivity contribution in [2.75, 3.05) is 13.2 Å². The zero-order valence-electron chi connectivity index (χ0n) is 11.1. The Morgan fingerprint density at radius 2 is 2.33 bits per heavy atom. The van der Waals surface area contributed by atoms with E-state index in [1.54, 1.807) is 6.20 Å². The summed E-state index contributed by atoms with van der Waals surface area (Å²) in [5, 5.41) is 3.46. The highest BCUT2D eigenvalue weighted by Crippen LogP contribution is 2.17. The molecule has 100 valence electrons. The van der Waals surface area contributed by atoms with Crippen molar-refractivity contribution < 1.29 is 4.74 Å². The average Bonchev–Trinajstić information content (AvgIpc) is 2.35. The molecular weight excluding hydrogens is 226 g/mol. The van der Waals surface area contributed by atoms with Crippen LogP contribution in [0.25, 0.3) is 0 Å². The van der Waals surface area contributed by atoms with Crippen LogP contribution in [0.1, 0.15) is 31.7 Å². The van der Waals surface area contributed by atoms with E-state index in [1.807, 2.05) is 12.3 Å². The van der Waals surface area contributed by atoms with E-state index in [0.717, 1.165) is 18.7 Å². The largest absolute Gasteiger partial charge is 0.490 e. The van der Waals surface area contributed by atoms with E-state index >= 15 is 0 Å². The average molecular weight is 249 g/mol. The molecule has 0 bridgehead atoms. The molecule has 1 heterocycles. The molecule has 0 saturated heterocycles. The summed E-state index contributed by atoms with van der Waals surface area (Å²) in [6, 6.07) is 2.75. The Bertz CT molecular complexity index is 366. The quantitative estimate of drug-likeness (QED) is 0.768. The summed E-state index contributed by atoms with van der Waals surface area (Å²) in [7, 11) is 0. The van der Waals surface area contributed by atoms with Crippen LogP contribution in [0.3, 0.4) is 0 Å². The number of hydrogen-bond acceptors (Lipinski definition) is 4. The van der Waals surface area contributed by atoms with E-state index < -0.39 is 0 Å². The molecule has 3 N–H and O–H groups in total. The van der Waals surface area contributed by atoms with Gasteiger partial charge in [0.05, 0.1) is 12.2 Å². The first-order chi connectivity index (χ1) is 8.78. The lowest BCUT2D eigenvalue weighted by Gasteiger charge is -2.27. The molecule has 1 fully saturated rings. The van der Waals surface area contributed by atoms with Gasteiger partial charge in [0, 0.05) is 18.8 Å². The number of aromatic nitrogens is 1. The molecule has 0 aliphatic heterocycles. The van der Waals surface area contributed by atoms with Crippen molar-refractivity contribution in [3.05, 3.63) is 24.0 Å². The van der Waals surface area contributed by atoms with Gasteiger partial charge in [0.15, 0.2) is 0 Å². The first-order valence-corrected chi connectivity index (χ1v) is 6.83. The minimum absolute atomic E-state index is 0.0379. The molecule has 0 unspecified atom stereocenters. The highest BCUT2D eigenvalue weighted by molar-refractivity contribution is 5.23. The van der Waals surface area contributed by atoms with Crippen molar-refractivity contribution in [2.24, 2.45) is 5.73 Å². The predicted molar refractivity (Wildman–Crippen MR) is 72.7 cm³/mol. The van der Waals surface area contributed by atoms with E-state index in [4.69, 9.17) is 10.5 Å². The molecule has 2 rings (SSSR count). The summed E-state index contributed by atoms with van der Waals surface area (Å²) in [6.45, 7) is 3.47. The molecule has 0 aromatic carbocycles. The van der Waals surface area contributed by atoms with E-state index in [-0.39, 0.29) is 6.04 Å². The molecule has 4 nitrogen and oxygen atoms in total. The minimum Gasteiger partial charge on any atom is -0.490 e. The number of rotatable bonds is 7. The van der Waals surface area contributed by atoms with E-state index in [9.17, 15) is 0 Å². The monoisotopic (exact) mass is 249 g/mol. The first-order valence-electron chi connectivity index (χ1n) is 6.83. The van der Waals surface area contributed by atoms with Crippen LogP contribution in [-0.2, 0) is 6.42 Å². The van der Waals surface area contributed by atoms with Crippen molar-refractivity contribution in [1.29, 1.82) is 0 Å². The lowest BCUT2D eigenvalue weighted by atomic mass is 9.93. The van der Waals surface area contributed by atoms with Crippen LogP contribution in [0.5, 0.6) is 5.75 Å². The van der Waals surface area contributed by atoms with Crippen molar-refractivity contribution >= 4 is 0 Å². The Kier molecular flexibility index (Phi) is 4.96. The fraction of sp³-hybridized carbons (Fsp3) is 0.643. The molecule has 18 heavy (non-hydrogen) atoms. The van der Waals surface area contributed by atoms with Gasteiger partial charge in [-0.25, -0.2) is 0 Å². The van der Waals surface area contributed by atoms with Gasteiger partial charge in [-0.05, 0) is 30.9 Å². The maximum absolute atomic E-state index is 6.01. The van der Waals surface area contributed by atoms with Gasteiger partial charge >= 0.3 is 0 Å². The predicted octanol–water partition coefficient (Wildman–Crippen LogP) is 1.49. The van der Waals surface area contributed by atoms with Crippen LogP contribution in [-0.4, -0.2) is 30.2 Å². The van der Waals surface area contributed by atoms with Crippen molar-refractivity contribution in [2.45, 2.75) is 44.7 Å². The fourth-order valence-electron chi connectivity index (χ4n) is 1.93. The Balaban J connectivity index is 1.68. The smallest absolute Gasteiger partial charge is 0.137 e. The van der Waals surface area contributed by atoms with Crippen LogP contribution in [0, 0.1) is 0 Å². The van der Waals surface area contributed by atoms with Gasteiger partial charge in [0.1, 0.15) is 12.4 Å². The summed E-state index contributed by atoms with van der Waals surface area (Å²) in [4.78, 5) is 4.15. The zero-order chi connectivity index (χ0) is 12.8. The van der Waals surface area contributed by atoms with Crippen LogP contribution in [0.4, 0.5) is 0 Å². The normalized spacial score (nSPS) is 17.2. The number of pyridine rings is 1. The van der Waals surface area contributed by atoms with E-state index in [1.165, 1.54) is 24.8 Å². The van der Waals surface area contributed by atoms with E-state index in [0.29, 0.717) is 12.6 Å². The number of ether oxygens (including phenoxy) is 1. The van der Waals surface area contributed by atoms with Gasteiger partial charge in [0.25, 0.3) is 0 Å². The molecule has 1 aliphatic carbocycles. The maximum atomic E-state index is 6.01. The molecule has 0 radical (unpaired) electrons. The van der Waals surface area contributed by atoms with Crippen molar-refractivity contribution in [3.63, 3.8) is 0 Å². The third kappa shape index (κ3) is 3.96. The molecule has 1 aromatic heterocycles. The Morgan fingerprint density at radius 1 is 1.50 bits per heavy atom. The Hall–Kier alpha value is -1.13. The first kappa shape index (κ1) is 13.3. The molecule has 4 heteroatoms. The standard InChI is InChI=1S/C14H23N3O/c1-2-11-6-14(9-16-7-11)18-10-12(15)8-17-13-4-3-5-13/h6-7,9,12-13,17H,2-5,8,10,15H2,1H3/t12-/m0/s1. The van der Waals surface area contributed by atoms with Crippen LogP contribution < -0.4 is 15.8 Å². The van der Waals surface area contributed by atoms with Gasteiger partial charge in [-0.15, -0.1) is 0 Å². The second-order valence-electron chi connectivity index (χ2n) is 4.99. The molecule has 0 spiro atoms. The highest BCUT2D eigenvalue weighted by atomic mass is 16.5. The number of hydrogen-bond donors (Lipinski definition) is 2. The molecule has 1 aromatic rings. The van der Waals surface area contributed by atoms with Gasteiger partial charge in [0.2, 0.25) is 0 Å². The number of nitrogens with one attached hydrogen (secondary N) is 1. The molecule has 1 atom stereocenters. The van der Waals surface area contributed by atoms with Crippen LogP contribution in [0.15, 0.2) is 18.5 Å². The van der Waals surface area contributed by atoms with Crippen LogP contribution in [0.2, 0.25) is 0 Å². The number of aryl methyl sites for hydroxylation is 1. The van der Waals surface area contributed by atoms with E-state index in [2.05, 4.69) is 17.2 Å². The van der Waals surface area contributed by atoms with Gasteiger partial charge in [-0.1, -0.05) is 13.3 Å². The maximum Gasteiger partial charge on any atom is 0.137 e. The number of nitrogens with two attached hydrogens (primary N) is 1. The molecule has 1 aliphatic rings. The molecule has 0 amide bonds. The lowest BCUT2D eigenvalue weighted by Crippen LogP contribution is -2.45. The third-order valence-electron chi connectivity index (χ3n) is 3.42. The second kappa shape index (κ2) is 6.71. The summed E-state index contributed by atoms with van der Waals surface area (Å²) in [5.74, 6) is 0.813. The Morgan fingerprint density at radius 3 is 3.00 bits per heavy atom. The second-order valence-corrected chi connectivity index (χ2v) is 4.99. The summed E-state index contributed by atoms with van der Waals surface area (Å²) in [6.07, 6.45) is 8.50. The van der Waals surface area contributed by atoms with Gasteiger partial charge < -0.3 is 15.8 Å². The minimum atomic E-state index is 0.0379. The molecular formula is C14H23N3O.